The first-order valence-electron chi connectivity index (χ1n) is 6.37. The summed E-state index contributed by atoms with van der Waals surface area (Å²) in [6.07, 6.45) is 1.86. The number of ketones is 1. The van der Waals surface area contributed by atoms with E-state index in [1.54, 1.807) is 6.92 Å². The third kappa shape index (κ3) is 4.82. The molecule has 0 aliphatic heterocycles. The molecule has 0 spiro atoms. The molecule has 1 unspecified atom stereocenters. The van der Waals surface area contributed by atoms with Crippen molar-refractivity contribution in [3.63, 3.8) is 0 Å². The summed E-state index contributed by atoms with van der Waals surface area (Å²) in [5.41, 5.74) is 2.47. The highest BCUT2D eigenvalue weighted by Crippen LogP contribution is 2.22. The summed E-state index contributed by atoms with van der Waals surface area (Å²) in [5.74, 6) is 1.01. The van der Waals surface area contributed by atoms with Crippen LogP contribution >= 0.6 is 0 Å². The third-order valence-electron chi connectivity index (χ3n) is 2.96. The monoisotopic (exact) mass is 225 g/mol. The molecule has 0 bridgehead atoms. The van der Waals surface area contributed by atoms with Gasteiger partial charge in [0, 0.05) is 18.2 Å². The lowest BCUT2D eigenvalue weighted by molar-refractivity contribution is -0.119. The molecule has 0 radical (unpaired) electrons. The van der Waals surface area contributed by atoms with Gasteiger partial charge >= 0.3 is 0 Å². The Morgan fingerprint density at radius 1 is 1.19 bits per heavy atom. The van der Waals surface area contributed by atoms with Crippen molar-refractivity contribution >= 4 is 5.78 Å². The van der Waals surface area contributed by atoms with Crippen LogP contribution in [0.1, 0.15) is 54.4 Å². The second-order valence-corrected chi connectivity index (χ2v) is 4.85. The number of carbonyl (C=O) groups is 1. The molecule has 0 aromatic carbocycles. The summed E-state index contributed by atoms with van der Waals surface area (Å²) in [5, 5.41) is 3.43. The molecular weight excluding hydrogens is 198 g/mol. The van der Waals surface area contributed by atoms with E-state index >= 15 is 0 Å². The standard InChI is InChI=1S/C14H27NO/c1-7-13(14(8-2)12(6)16)11(5)15-9-10(3)4/h10,14-15H,7-9H2,1-6H3/b13-11+. The molecule has 0 aliphatic rings. The fourth-order valence-corrected chi connectivity index (χ4v) is 2.02. The van der Waals surface area contributed by atoms with Gasteiger partial charge in [-0.05, 0) is 38.2 Å². The Kier molecular flexibility index (Phi) is 7.11. The Hall–Kier alpha value is -0.790. The van der Waals surface area contributed by atoms with Gasteiger partial charge in [-0.15, -0.1) is 0 Å². The van der Waals surface area contributed by atoms with Gasteiger partial charge in [-0.1, -0.05) is 27.7 Å². The zero-order chi connectivity index (χ0) is 12.7. The predicted octanol–water partition coefficient (Wildman–Crippen LogP) is 3.53. The SMILES string of the molecule is CC/C(=C(/C)NCC(C)C)C(CC)C(C)=O. The van der Waals surface area contributed by atoms with E-state index < -0.39 is 0 Å². The van der Waals surface area contributed by atoms with E-state index in [-0.39, 0.29) is 11.7 Å². The quantitative estimate of drug-likeness (QED) is 0.718. The van der Waals surface area contributed by atoms with E-state index in [0.29, 0.717) is 5.92 Å². The molecule has 94 valence electrons. The van der Waals surface area contributed by atoms with Gasteiger partial charge in [0.25, 0.3) is 0 Å². The molecule has 1 atom stereocenters. The second kappa shape index (κ2) is 7.48. The number of hydrogen-bond acceptors (Lipinski definition) is 2. The maximum Gasteiger partial charge on any atom is 0.136 e. The highest BCUT2D eigenvalue weighted by molar-refractivity contribution is 5.81. The van der Waals surface area contributed by atoms with Gasteiger partial charge < -0.3 is 5.32 Å². The van der Waals surface area contributed by atoms with Crippen LogP contribution < -0.4 is 5.32 Å². The molecule has 0 aromatic heterocycles. The minimum atomic E-state index is 0.102. The first kappa shape index (κ1) is 15.2. The van der Waals surface area contributed by atoms with Crippen molar-refractivity contribution in [1.29, 1.82) is 0 Å². The van der Waals surface area contributed by atoms with Crippen molar-refractivity contribution in [2.24, 2.45) is 11.8 Å². The summed E-state index contributed by atoms with van der Waals surface area (Å²) < 4.78 is 0. The zero-order valence-electron chi connectivity index (χ0n) is 11.7. The lowest BCUT2D eigenvalue weighted by Crippen LogP contribution is -2.23. The van der Waals surface area contributed by atoms with E-state index in [0.717, 1.165) is 19.4 Å². The zero-order valence-corrected chi connectivity index (χ0v) is 11.7. The second-order valence-electron chi connectivity index (χ2n) is 4.85. The van der Waals surface area contributed by atoms with Crippen molar-refractivity contribution in [3.8, 4) is 0 Å². The molecule has 0 rings (SSSR count). The van der Waals surface area contributed by atoms with Gasteiger partial charge in [-0.25, -0.2) is 0 Å². The average Bonchev–Trinajstić information content (AvgIpc) is 2.21. The molecule has 0 saturated carbocycles. The number of rotatable bonds is 7. The number of allylic oxidation sites excluding steroid dienone is 2. The van der Waals surface area contributed by atoms with Gasteiger partial charge in [-0.3, -0.25) is 4.79 Å². The Labute approximate surface area is 101 Å². The van der Waals surface area contributed by atoms with Crippen molar-refractivity contribution < 1.29 is 4.79 Å². The number of carbonyl (C=O) groups excluding carboxylic acids is 1. The normalized spacial score (nSPS) is 14.7. The Morgan fingerprint density at radius 3 is 2.06 bits per heavy atom. The molecule has 0 fully saturated rings. The third-order valence-corrected chi connectivity index (χ3v) is 2.96. The lowest BCUT2D eigenvalue weighted by atomic mass is 9.89. The molecule has 0 heterocycles. The summed E-state index contributed by atoms with van der Waals surface area (Å²) in [6.45, 7) is 13.3. The summed E-state index contributed by atoms with van der Waals surface area (Å²) in [4.78, 5) is 11.6. The maximum atomic E-state index is 11.6. The molecule has 0 aliphatic carbocycles. The molecule has 0 amide bonds. The molecule has 1 N–H and O–H groups in total. The van der Waals surface area contributed by atoms with E-state index in [1.807, 2.05) is 0 Å². The van der Waals surface area contributed by atoms with Gasteiger partial charge in [0.05, 0.1) is 0 Å². The number of Topliss-reactive ketones (excluding diaryl/α,β-unsaturated/α-hetero) is 1. The predicted molar refractivity (Wildman–Crippen MR) is 70.3 cm³/mol. The minimum absolute atomic E-state index is 0.102. The average molecular weight is 225 g/mol. The van der Waals surface area contributed by atoms with Crippen molar-refractivity contribution in [2.45, 2.75) is 54.4 Å². The van der Waals surface area contributed by atoms with Crippen LogP contribution in [0.3, 0.4) is 0 Å². The highest BCUT2D eigenvalue weighted by atomic mass is 16.1. The molecule has 16 heavy (non-hydrogen) atoms. The van der Waals surface area contributed by atoms with Crippen LogP contribution in [0.25, 0.3) is 0 Å². The summed E-state index contributed by atoms with van der Waals surface area (Å²) in [6, 6.07) is 0. The van der Waals surface area contributed by atoms with Crippen LogP contribution in [-0.4, -0.2) is 12.3 Å². The number of nitrogens with one attached hydrogen (secondary N) is 1. The summed E-state index contributed by atoms with van der Waals surface area (Å²) >= 11 is 0. The van der Waals surface area contributed by atoms with E-state index in [2.05, 4.69) is 39.9 Å². The topological polar surface area (TPSA) is 29.1 Å². The molecule has 2 nitrogen and oxygen atoms in total. The Morgan fingerprint density at radius 2 is 1.75 bits per heavy atom. The fourth-order valence-electron chi connectivity index (χ4n) is 2.02. The maximum absolute atomic E-state index is 11.6. The van der Waals surface area contributed by atoms with E-state index in [9.17, 15) is 4.79 Å². The van der Waals surface area contributed by atoms with Crippen LogP contribution in [0.5, 0.6) is 0 Å². The Bertz CT molecular complexity index is 253. The van der Waals surface area contributed by atoms with Crippen molar-refractivity contribution in [3.05, 3.63) is 11.3 Å². The van der Waals surface area contributed by atoms with Crippen LogP contribution in [0.2, 0.25) is 0 Å². The van der Waals surface area contributed by atoms with Gasteiger partial charge in [0.2, 0.25) is 0 Å². The lowest BCUT2D eigenvalue weighted by Gasteiger charge is -2.20. The summed E-state index contributed by atoms with van der Waals surface area (Å²) in [7, 11) is 0. The van der Waals surface area contributed by atoms with Crippen LogP contribution in [0.4, 0.5) is 0 Å². The van der Waals surface area contributed by atoms with Crippen molar-refractivity contribution in [1.82, 2.24) is 5.32 Å². The van der Waals surface area contributed by atoms with Gasteiger partial charge in [0.15, 0.2) is 0 Å². The van der Waals surface area contributed by atoms with Crippen molar-refractivity contribution in [2.75, 3.05) is 6.54 Å². The van der Waals surface area contributed by atoms with Gasteiger partial charge in [-0.2, -0.15) is 0 Å². The van der Waals surface area contributed by atoms with E-state index in [4.69, 9.17) is 0 Å². The first-order chi connectivity index (χ1) is 7.43. The fraction of sp³-hybridized carbons (Fsp3) is 0.786. The molecule has 0 aromatic rings. The number of hydrogen-bond donors (Lipinski definition) is 1. The largest absolute Gasteiger partial charge is 0.388 e. The van der Waals surface area contributed by atoms with Crippen LogP contribution in [0.15, 0.2) is 11.3 Å². The molecule has 2 heteroatoms. The Balaban J connectivity index is 4.77. The smallest absolute Gasteiger partial charge is 0.136 e. The minimum Gasteiger partial charge on any atom is -0.388 e. The van der Waals surface area contributed by atoms with Crippen LogP contribution in [0, 0.1) is 11.8 Å². The highest BCUT2D eigenvalue weighted by Gasteiger charge is 2.18. The van der Waals surface area contributed by atoms with Crippen LogP contribution in [-0.2, 0) is 4.79 Å². The van der Waals surface area contributed by atoms with Gasteiger partial charge in [0.1, 0.15) is 5.78 Å². The first-order valence-corrected chi connectivity index (χ1v) is 6.37. The molecular formula is C14H27NO. The molecule has 0 saturated heterocycles. The van der Waals surface area contributed by atoms with E-state index in [1.165, 1.54) is 11.3 Å².